The lowest BCUT2D eigenvalue weighted by Crippen LogP contribution is -2.47. The predicted molar refractivity (Wildman–Crippen MR) is 81.0 cm³/mol. The molecule has 2 nitrogen and oxygen atoms in total. The summed E-state index contributed by atoms with van der Waals surface area (Å²) in [6.45, 7) is 5.58. The topological polar surface area (TPSA) is 21.3 Å². The number of benzene rings is 1. The second kappa shape index (κ2) is 7.16. The van der Waals surface area contributed by atoms with E-state index in [0.29, 0.717) is 6.04 Å². The first-order valence-electron chi connectivity index (χ1n) is 7.34. The highest BCUT2D eigenvalue weighted by molar-refractivity contribution is 6.30. The van der Waals surface area contributed by atoms with Crippen LogP contribution in [-0.2, 0) is 0 Å². The molecular weight excluding hydrogens is 258 g/mol. The fourth-order valence-corrected chi connectivity index (χ4v) is 2.84. The van der Waals surface area contributed by atoms with E-state index >= 15 is 0 Å². The summed E-state index contributed by atoms with van der Waals surface area (Å²) in [7, 11) is 0. The molecule has 0 amide bonds. The van der Waals surface area contributed by atoms with Crippen LogP contribution in [0.2, 0.25) is 5.02 Å². The van der Waals surface area contributed by atoms with Gasteiger partial charge < -0.3 is 10.1 Å². The second-order valence-corrected chi connectivity index (χ2v) is 6.03. The first-order valence-corrected chi connectivity index (χ1v) is 7.72. The van der Waals surface area contributed by atoms with Crippen LogP contribution in [0, 0.1) is 5.92 Å². The summed E-state index contributed by atoms with van der Waals surface area (Å²) in [6, 6.07) is 8.17. The van der Waals surface area contributed by atoms with Crippen molar-refractivity contribution in [1.82, 2.24) is 5.32 Å². The molecule has 0 aliphatic heterocycles. The number of hydrogen-bond donors (Lipinski definition) is 1. The van der Waals surface area contributed by atoms with E-state index in [1.165, 1.54) is 19.3 Å². The molecule has 3 atom stereocenters. The van der Waals surface area contributed by atoms with Crippen molar-refractivity contribution in [3.8, 4) is 5.75 Å². The molecule has 106 valence electrons. The molecule has 1 aliphatic rings. The lowest BCUT2D eigenvalue weighted by atomic mass is 9.85. The third-order valence-electron chi connectivity index (χ3n) is 3.81. The summed E-state index contributed by atoms with van der Waals surface area (Å²) >= 11 is 5.91. The van der Waals surface area contributed by atoms with Gasteiger partial charge in [0.1, 0.15) is 11.9 Å². The average molecular weight is 282 g/mol. The molecule has 0 spiro atoms. The molecule has 1 N–H and O–H groups in total. The van der Waals surface area contributed by atoms with Crippen LogP contribution in [-0.4, -0.2) is 18.7 Å². The van der Waals surface area contributed by atoms with E-state index in [1.807, 2.05) is 24.3 Å². The molecular formula is C16H24ClNO. The maximum Gasteiger partial charge on any atom is 0.119 e. The Hall–Kier alpha value is -0.730. The fourth-order valence-electron chi connectivity index (χ4n) is 2.71. The normalized spacial score (nSPS) is 27.2. The number of halogens is 1. The van der Waals surface area contributed by atoms with Gasteiger partial charge in [-0.3, -0.25) is 0 Å². The van der Waals surface area contributed by atoms with Crippen LogP contribution in [0.25, 0.3) is 0 Å². The first kappa shape index (κ1) is 14.7. The van der Waals surface area contributed by atoms with Crippen molar-refractivity contribution < 1.29 is 4.74 Å². The first-order chi connectivity index (χ1) is 9.19. The standard InChI is InChI=1S/C16H24ClNO/c1-3-10-18-15-9-4-12(2)11-16(15)19-14-7-5-13(17)6-8-14/h5-8,12,15-16,18H,3-4,9-11H2,1-2H3. The van der Waals surface area contributed by atoms with E-state index in [1.54, 1.807) is 0 Å². The van der Waals surface area contributed by atoms with Gasteiger partial charge in [0, 0.05) is 11.1 Å². The van der Waals surface area contributed by atoms with E-state index in [-0.39, 0.29) is 6.10 Å². The molecule has 19 heavy (non-hydrogen) atoms. The molecule has 0 bridgehead atoms. The zero-order valence-electron chi connectivity index (χ0n) is 11.9. The smallest absolute Gasteiger partial charge is 0.119 e. The van der Waals surface area contributed by atoms with E-state index in [0.717, 1.165) is 29.7 Å². The summed E-state index contributed by atoms with van der Waals surface area (Å²) in [5, 5.41) is 4.38. The largest absolute Gasteiger partial charge is 0.489 e. The third-order valence-corrected chi connectivity index (χ3v) is 4.06. The summed E-state index contributed by atoms with van der Waals surface area (Å²) < 4.78 is 6.17. The van der Waals surface area contributed by atoms with Gasteiger partial charge in [-0.25, -0.2) is 0 Å². The van der Waals surface area contributed by atoms with Crippen molar-refractivity contribution in [2.45, 2.75) is 51.7 Å². The Morgan fingerprint density at radius 2 is 2.00 bits per heavy atom. The van der Waals surface area contributed by atoms with Gasteiger partial charge in [-0.2, -0.15) is 0 Å². The molecule has 1 aromatic carbocycles. The van der Waals surface area contributed by atoms with Crippen LogP contribution in [0.15, 0.2) is 24.3 Å². The van der Waals surface area contributed by atoms with Crippen molar-refractivity contribution in [2.75, 3.05) is 6.54 Å². The monoisotopic (exact) mass is 281 g/mol. The van der Waals surface area contributed by atoms with E-state index in [2.05, 4.69) is 19.2 Å². The Balaban J connectivity index is 1.98. The van der Waals surface area contributed by atoms with Gasteiger partial charge in [-0.15, -0.1) is 0 Å². The van der Waals surface area contributed by atoms with Crippen LogP contribution in [0.3, 0.4) is 0 Å². The summed E-state index contributed by atoms with van der Waals surface area (Å²) in [4.78, 5) is 0. The van der Waals surface area contributed by atoms with Crippen molar-refractivity contribution in [2.24, 2.45) is 5.92 Å². The van der Waals surface area contributed by atoms with Gasteiger partial charge in [-0.1, -0.05) is 25.4 Å². The molecule has 1 saturated carbocycles. The highest BCUT2D eigenvalue weighted by Gasteiger charge is 2.29. The predicted octanol–water partition coefficient (Wildman–Crippen LogP) is 4.28. The minimum Gasteiger partial charge on any atom is -0.489 e. The van der Waals surface area contributed by atoms with Gasteiger partial charge in [0.05, 0.1) is 0 Å². The average Bonchev–Trinajstić information content (AvgIpc) is 2.40. The van der Waals surface area contributed by atoms with Crippen LogP contribution >= 0.6 is 11.6 Å². The number of nitrogens with one attached hydrogen (secondary N) is 1. The van der Waals surface area contributed by atoms with Crippen LogP contribution in [0.5, 0.6) is 5.75 Å². The zero-order valence-corrected chi connectivity index (χ0v) is 12.6. The van der Waals surface area contributed by atoms with Gasteiger partial charge in [0.15, 0.2) is 0 Å². The summed E-state index contributed by atoms with van der Waals surface area (Å²) in [5.41, 5.74) is 0. The quantitative estimate of drug-likeness (QED) is 0.870. The minimum absolute atomic E-state index is 0.275. The number of ether oxygens (including phenoxy) is 1. The minimum atomic E-state index is 0.275. The molecule has 1 fully saturated rings. The second-order valence-electron chi connectivity index (χ2n) is 5.59. The molecule has 1 aliphatic carbocycles. The highest BCUT2D eigenvalue weighted by atomic mass is 35.5. The fraction of sp³-hybridized carbons (Fsp3) is 0.625. The third kappa shape index (κ3) is 4.39. The van der Waals surface area contributed by atoms with Gasteiger partial charge in [0.2, 0.25) is 0 Å². The van der Waals surface area contributed by atoms with Crippen LogP contribution < -0.4 is 10.1 Å². The Labute approximate surface area is 121 Å². The van der Waals surface area contributed by atoms with Gasteiger partial charge in [0.25, 0.3) is 0 Å². The van der Waals surface area contributed by atoms with Crippen molar-refractivity contribution >= 4 is 11.6 Å². The Morgan fingerprint density at radius 1 is 1.26 bits per heavy atom. The van der Waals surface area contributed by atoms with Crippen LogP contribution in [0.4, 0.5) is 0 Å². The summed E-state index contributed by atoms with van der Waals surface area (Å²) in [5.74, 6) is 1.67. The number of rotatable bonds is 5. The molecule has 0 aromatic heterocycles. The molecule has 1 aromatic rings. The molecule has 0 saturated heterocycles. The van der Waals surface area contributed by atoms with Crippen molar-refractivity contribution in [3.63, 3.8) is 0 Å². The van der Waals surface area contributed by atoms with E-state index < -0.39 is 0 Å². The van der Waals surface area contributed by atoms with Gasteiger partial charge >= 0.3 is 0 Å². The van der Waals surface area contributed by atoms with Crippen LogP contribution in [0.1, 0.15) is 39.5 Å². The van der Waals surface area contributed by atoms with Crippen molar-refractivity contribution in [3.05, 3.63) is 29.3 Å². The lowest BCUT2D eigenvalue weighted by molar-refractivity contribution is 0.0909. The Bertz CT molecular complexity index is 377. The maximum absolute atomic E-state index is 6.17. The molecule has 0 heterocycles. The Morgan fingerprint density at radius 3 is 2.68 bits per heavy atom. The molecule has 3 heteroatoms. The lowest BCUT2D eigenvalue weighted by Gasteiger charge is -2.35. The molecule has 2 rings (SSSR count). The molecule has 0 radical (unpaired) electrons. The van der Waals surface area contributed by atoms with Crippen molar-refractivity contribution in [1.29, 1.82) is 0 Å². The zero-order chi connectivity index (χ0) is 13.7. The number of hydrogen-bond acceptors (Lipinski definition) is 2. The van der Waals surface area contributed by atoms with E-state index in [9.17, 15) is 0 Å². The maximum atomic E-state index is 6.17. The SMILES string of the molecule is CCCNC1CCC(C)CC1Oc1ccc(Cl)cc1. The summed E-state index contributed by atoms with van der Waals surface area (Å²) in [6.07, 6.45) is 5.07. The van der Waals surface area contributed by atoms with Gasteiger partial charge in [-0.05, 0) is 62.4 Å². The highest BCUT2D eigenvalue weighted by Crippen LogP contribution is 2.28. The van der Waals surface area contributed by atoms with E-state index in [4.69, 9.17) is 16.3 Å². The Kier molecular flexibility index (Phi) is 5.53. The molecule has 3 unspecified atom stereocenters.